The molecule has 114 valence electrons. The second-order valence-electron chi connectivity index (χ2n) is 4.76. The van der Waals surface area contributed by atoms with Gasteiger partial charge in [-0.2, -0.15) is 14.6 Å². The minimum atomic E-state index is 0.598. The van der Waals surface area contributed by atoms with Crippen molar-refractivity contribution in [3.05, 3.63) is 18.1 Å². The highest BCUT2D eigenvalue weighted by Crippen LogP contribution is 2.33. The second kappa shape index (κ2) is 5.78. The molecule has 0 radical (unpaired) electrons. The molecule has 4 heterocycles. The Balaban J connectivity index is 1.60. The van der Waals surface area contributed by atoms with Crippen LogP contribution in [0.3, 0.4) is 0 Å². The average molecular weight is 335 g/mol. The van der Waals surface area contributed by atoms with Crippen molar-refractivity contribution in [1.29, 1.82) is 0 Å². The summed E-state index contributed by atoms with van der Waals surface area (Å²) in [5, 5.41) is 14.6. The number of ether oxygens (including phenoxy) is 1. The Hall–Kier alpha value is -1.78. The summed E-state index contributed by atoms with van der Waals surface area (Å²) in [7, 11) is 0. The number of anilines is 1. The van der Waals surface area contributed by atoms with Gasteiger partial charge in [-0.15, -0.1) is 10.2 Å². The smallest absolute Gasteiger partial charge is 0.253 e. The van der Waals surface area contributed by atoms with E-state index in [9.17, 15) is 0 Å². The molecule has 3 aromatic heterocycles. The van der Waals surface area contributed by atoms with Crippen LogP contribution >= 0.6 is 23.1 Å². The molecule has 1 saturated heterocycles. The van der Waals surface area contributed by atoms with Gasteiger partial charge in [0.2, 0.25) is 5.13 Å². The highest BCUT2D eigenvalue weighted by Gasteiger charge is 2.17. The van der Waals surface area contributed by atoms with E-state index >= 15 is 0 Å². The first-order valence-corrected chi connectivity index (χ1v) is 8.44. The van der Waals surface area contributed by atoms with E-state index in [2.05, 4.69) is 30.2 Å². The summed E-state index contributed by atoms with van der Waals surface area (Å²) in [6.45, 7) is 5.15. The molecule has 22 heavy (non-hydrogen) atoms. The quantitative estimate of drug-likeness (QED) is 0.662. The van der Waals surface area contributed by atoms with Crippen molar-refractivity contribution >= 4 is 34.0 Å². The van der Waals surface area contributed by atoms with Gasteiger partial charge in [-0.3, -0.25) is 0 Å². The summed E-state index contributed by atoms with van der Waals surface area (Å²) < 4.78 is 7.95. The summed E-state index contributed by atoms with van der Waals surface area (Å²) in [5.74, 6) is 0.598. The number of aromatic nitrogens is 6. The number of morpholine rings is 1. The van der Waals surface area contributed by atoms with E-state index in [4.69, 9.17) is 4.74 Å². The van der Waals surface area contributed by atoms with Gasteiger partial charge >= 0.3 is 0 Å². The van der Waals surface area contributed by atoms with Crippen LogP contribution in [0, 0.1) is 6.92 Å². The molecule has 0 unspecified atom stereocenters. The lowest BCUT2D eigenvalue weighted by Crippen LogP contribution is -2.36. The van der Waals surface area contributed by atoms with Gasteiger partial charge in [-0.1, -0.05) is 11.3 Å². The van der Waals surface area contributed by atoms with Crippen molar-refractivity contribution in [1.82, 2.24) is 29.8 Å². The first-order valence-electron chi connectivity index (χ1n) is 6.81. The van der Waals surface area contributed by atoms with Gasteiger partial charge in [-0.25, -0.2) is 4.98 Å². The summed E-state index contributed by atoms with van der Waals surface area (Å²) >= 11 is 3.11. The number of hydrogen-bond donors (Lipinski definition) is 0. The molecule has 0 atom stereocenters. The number of rotatable bonds is 3. The van der Waals surface area contributed by atoms with E-state index < -0.39 is 0 Å². The molecular formula is C12H13N7OS2. The third-order valence-electron chi connectivity index (χ3n) is 3.22. The number of fused-ring (bicyclic) bond motifs is 1. The summed E-state index contributed by atoms with van der Waals surface area (Å²) in [6.07, 6.45) is 1.51. The van der Waals surface area contributed by atoms with Crippen LogP contribution in [-0.4, -0.2) is 56.1 Å². The molecule has 1 aliphatic rings. The summed E-state index contributed by atoms with van der Waals surface area (Å²) in [6, 6.07) is 1.97. The number of aryl methyl sites for hydroxylation is 1. The molecule has 0 aliphatic carbocycles. The predicted molar refractivity (Wildman–Crippen MR) is 82.6 cm³/mol. The van der Waals surface area contributed by atoms with E-state index in [1.54, 1.807) is 15.9 Å². The zero-order valence-corrected chi connectivity index (χ0v) is 13.5. The fraction of sp³-hybridized carbons (Fsp3) is 0.417. The largest absolute Gasteiger partial charge is 0.378 e. The Bertz CT molecular complexity index is 796. The molecule has 0 saturated carbocycles. The normalized spacial score (nSPS) is 15.6. The Morgan fingerprint density at radius 3 is 3.00 bits per heavy atom. The van der Waals surface area contributed by atoms with Gasteiger partial charge < -0.3 is 9.64 Å². The summed E-state index contributed by atoms with van der Waals surface area (Å²) in [4.78, 5) is 10.7. The van der Waals surface area contributed by atoms with Crippen LogP contribution in [0.1, 0.15) is 5.69 Å². The highest BCUT2D eigenvalue weighted by molar-refractivity contribution is 8.01. The van der Waals surface area contributed by atoms with Gasteiger partial charge in [0.05, 0.1) is 13.2 Å². The van der Waals surface area contributed by atoms with Gasteiger partial charge in [0.1, 0.15) is 11.4 Å². The Morgan fingerprint density at radius 2 is 2.14 bits per heavy atom. The van der Waals surface area contributed by atoms with Crippen LogP contribution < -0.4 is 4.90 Å². The van der Waals surface area contributed by atoms with Crippen LogP contribution in [0.25, 0.3) is 5.78 Å². The molecule has 3 aromatic rings. The standard InChI is InChI=1S/C12H13N7OS2/c1-8-6-9(19-10(15-8)13-7-14-19)21-12-17-16-11(22-12)18-2-4-20-5-3-18/h6-7H,2-5H2,1H3. The van der Waals surface area contributed by atoms with E-state index in [0.717, 1.165) is 46.5 Å². The molecule has 0 N–H and O–H groups in total. The molecule has 1 aliphatic heterocycles. The molecular weight excluding hydrogens is 322 g/mol. The Labute approximate surface area is 134 Å². The van der Waals surface area contributed by atoms with Crippen LogP contribution in [-0.2, 0) is 4.74 Å². The zero-order valence-electron chi connectivity index (χ0n) is 11.8. The first kappa shape index (κ1) is 13.9. The highest BCUT2D eigenvalue weighted by atomic mass is 32.2. The maximum atomic E-state index is 5.36. The molecule has 4 rings (SSSR count). The van der Waals surface area contributed by atoms with Crippen LogP contribution in [0.5, 0.6) is 0 Å². The van der Waals surface area contributed by atoms with Crippen molar-refractivity contribution < 1.29 is 4.74 Å². The fourth-order valence-electron chi connectivity index (χ4n) is 2.19. The molecule has 0 bridgehead atoms. The van der Waals surface area contributed by atoms with E-state index in [1.807, 2.05) is 13.0 Å². The second-order valence-corrected chi connectivity index (χ2v) is 6.98. The summed E-state index contributed by atoms with van der Waals surface area (Å²) in [5.41, 5.74) is 0.904. The van der Waals surface area contributed by atoms with E-state index in [-0.39, 0.29) is 0 Å². The van der Waals surface area contributed by atoms with Crippen molar-refractivity contribution in [2.75, 3.05) is 31.2 Å². The third kappa shape index (κ3) is 2.64. The maximum Gasteiger partial charge on any atom is 0.253 e. The first-order chi connectivity index (χ1) is 10.8. The Kier molecular flexibility index (Phi) is 3.64. The van der Waals surface area contributed by atoms with Crippen molar-refractivity contribution in [2.45, 2.75) is 16.3 Å². The minimum Gasteiger partial charge on any atom is -0.378 e. The Morgan fingerprint density at radius 1 is 1.27 bits per heavy atom. The molecule has 0 spiro atoms. The van der Waals surface area contributed by atoms with Crippen LogP contribution in [0.2, 0.25) is 0 Å². The van der Waals surface area contributed by atoms with Gasteiger partial charge in [0, 0.05) is 18.8 Å². The van der Waals surface area contributed by atoms with E-state index in [1.165, 1.54) is 18.1 Å². The molecule has 10 heteroatoms. The van der Waals surface area contributed by atoms with Gasteiger partial charge in [0.15, 0.2) is 4.34 Å². The van der Waals surface area contributed by atoms with Crippen molar-refractivity contribution in [3.63, 3.8) is 0 Å². The topological polar surface area (TPSA) is 81.3 Å². The fourth-order valence-corrected chi connectivity index (χ4v) is 4.17. The van der Waals surface area contributed by atoms with E-state index in [0.29, 0.717) is 5.78 Å². The van der Waals surface area contributed by atoms with Crippen LogP contribution in [0.15, 0.2) is 21.8 Å². The zero-order chi connectivity index (χ0) is 14.9. The lowest BCUT2D eigenvalue weighted by atomic mass is 10.5. The SMILES string of the molecule is Cc1cc(Sc2nnc(N3CCOCC3)s2)n2ncnc2n1. The van der Waals surface area contributed by atoms with Crippen LogP contribution in [0.4, 0.5) is 5.13 Å². The monoisotopic (exact) mass is 335 g/mol. The molecule has 0 amide bonds. The van der Waals surface area contributed by atoms with Gasteiger partial charge in [0.25, 0.3) is 5.78 Å². The average Bonchev–Trinajstić information content (AvgIpc) is 3.17. The minimum absolute atomic E-state index is 0.598. The van der Waals surface area contributed by atoms with Crippen molar-refractivity contribution in [3.8, 4) is 0 Å². The van der Waals surface area contributed by atoms with Gasteiger partial charge in [-0.05, 0) is 24.8 Å². The predicted octanol–water partition coefficient (Wildman–Crippen LogP) is 1.27. The molecule has 1 fully saturated rings. The lowest BCUT2D eigenvalue weighted by molar-refractivity contribution is 0.122. The lowest BCUT2D eigenvalue weighted by Gasteiger charge is -2.25. The molecule has 0 aromatic carbocycles. The third-order valence-corrected chi connectivity index (χ3v) is 5.25. The number of hydrogen-bond acceptors (Lipinski definition) is 9. The van der Waals surface area contributed by atoms with Crippen molar-refractivity contribution in [2.24, 2.45) is 0 Å². The molecule has 8 nitrogen and oxygen atoms in total. The maximum absolute atomic E-state index is 5.36. The number of nitrogens with zero attached hydrogens (tertiary/aromatic N) is 7.